The number of carbonyl (C=O) groups is 1. The zero-order chi connectivity index (χ0) is 14.9. The van der Waals surface area contributed by atoms with E-state index in [2.05, 4.69) is 10.2 Å². The van der Waals surface area contributed by atoms with Crippen LogP contribution in [-0.2, 0) is 9.53 Å². The topological polar surface area (TPSA) is 83.7 Å². The highest BCUT2D eigenvalue weighted by atomic mass is 32.2. The Kier molecular flexibility index (Phi) is 3.38. The molecule has 0 bridgehead atoms. The summed E-state index contributed by atoms with van der Waals surface area (Å²) >= 11 is 1.22. The van der Waals surface area contributed by atoms with E-state index in [4.69, 9.17) is 18.6 Å². The van der Waals surface area contributed by atoms with Crippen LogP contribution >= 0.6 is 11.8 Å². The van der Waals surface area contributed by atoms with Crippen molar-refractivity contribution in [2.45, 2.75) is 23.0 Å². The Morgan fingerprint density at radius 3 is 2.82 bits per heavy atom. The zero-order valence-corrected chi connectivity index (χ0v) is 12.2. The molecule has 114 valence electrons. The average molecular weight is 320 g/mol. The number of benzene rings is 1. The van der Waals surface area contributed by atoms with Crippen molar-refractivity contribution in [2.24, 2.45) is 0 Å². The van der Waals surface area contributed by atoms with Gasteiger partial charge >= 0.3 is 5.97 Å². The highest BCUT2D eigenvalue weighted by Gasteiger charge is 2.31. The molecule has 2 aliphatic rings. The van der Waals surface area contributed by atoms with Crippen molar-refractivity contribution in [1.29, 1.82) is 0 Å². The SMILES string of the molecule is O=C1OCC[C@H]1Sc1nnc([C@H]2COc3ccccc3O2)o1. The van der Waals surface area contributed by atoms with Crippen LogP contribution < -0.4 is 9.47 Å². The minimum atomic E-state index is -0.452. The molecule has 0 unspecified atom stereocenters. The van der Waals surface area contributed by atoms with Crippen LogP contribution in [0.1, 0.15) is 18.4 Å². The van der Waals surface area contributed by atoms with Gasteiger partial charge in [0.25, 0.3) is 11.1 Å². The maximum Gasteiger partial charge on any atom is 0.319 e. The summed E-state index contributed by atoms with van der Waals surface area (Å²) in [5, 5.41) is 7.99. The second-order valence-corrected chi connectivity index (χ2v) is 5.99. The molecule has 4 rings (SSSR count). The van der Waals surface area contributed by atoms with Crippen molar-refractivity contribution >= 4 is 17.7 Å². The summed E-state index contributed by atoms with van der Waals surface area (Å²) in [6, 6.07) is 7.41. The summed E-state index contributed by atoms with van der Waals surface area (Å²) < 4.78 is 21.9. The first-order chi connectivity index (χ1) is 10.8. The Morgan fingerprint density at radius 2 is 2.00 bits per heavy atom. The van der Waals surface area contributed by atoms with Crippen molar-refractivity contribution in [3.8, 4) is 11.5 Å². The number of thioether (sulfide) groups is 1. The molecule has 0 N–H and O–H groups in total. The van der Waals surface area contributed by atoms with Gasteiger partial charge in [0.1, 0.15) is 11.9 Å². The summed E-state index contributed by atoms with van der Waals surface area (Å²) in [5.41, 5.74) is 0. The van der Waals surface area contributed by atoms with E-state index in [9.17, 15) is 4.79 Å². The first-order valence-electron chi connectivity index (χ1n) is 6.85. The highest BCUT2D eigenvalue weighted by Crippen LogP contribution is 2.36. The Hall–Kier alpha value is -2.22. The molecule has 0 saturated carbocycles. The average Bonchev–Trinajstić information content (AvgIpc) is 3.17. The molecule has 2 aromatic rings. The van der Waals surface area contributed by atoms with Gasteiger partial charge in [-0.25, -0.2) is 0 Å². The van der Waals surface area contributed by atoms with Gasteiger partial charge in [0, 0.05) is 6.42 Å². The van der Waals surface area contributed by atoms with E-state index in [0.29, 0.717) is 42.2 Å². The van der Waals surface area contributed by atoms with Gasteiger partial charge in [-0.15, -0.1) is 10.2 Å². The molecule has 0 spiro atoms. The molecule has 7 nitrogen and oxygen atoms in total. The van der Waals surface area contributed by atoms with Gasteiger partial charge in [0.15, 0.2) is 11.5 Å². The Bertz CT molecular complexity index is 704. The van der Waals surface area contributed by atoms with E-state index in [1.54, 1.807) is 0 Å². The van der Waals surface area contributed by atoms with Gasteiger partial charge in [-0.2, -0.15) is 0 Å². The van der Waals surface area contributed by atoms with E-state index >= 15 is 0 Å². The molecule has 2 atom stereocenters. The number of fused-ring (bicyclic) bond motifs is 1. The molecule has 1 aromatic carbocycles. The lowest BCUT2D eigenvalue weighted by Crippen LogP contribution is -2.21. The highest BCUT2D eigenvalue weighted by molar-refractivity contribution is 8.00. The summed E-state index contributed by atoms with van der Waals surface area (Å²) in [7, 11) is 0. The van der Waals surface area contributed by atoms with Gasteiger partial charge < -0.3 is 18.6 Å². The summed E-state index contributed by atoms with van der Waals surface area (Å²) in [6.07, 6.45) is 0.199. The van der Waals surface area contributed by atoms with Crippen LogP contribution in [0.15, 0.2) is 33.9 Å². The Morgan fingerprint density at radius 1 is 1.14 bits per heavy atom. The van der Waals surface area contributed by atoms with Crippen LogP contribution in [0.4, 0.5) is 0 Å². The third-order valence-electron chi connectivity index (χ3n) is 3.34. The second kappa shape index (κ2) is 5.53. The fourth-order valence-electron chi connectivity index (χ4n) is 2.25. The third-order valence-corrected chi connectivity index (χ3v) is 4.42. The number of hydrogen-bond acceptors (Lipinski definition) is 8. The molecule has 0 radical (unpaired) electrons. The van der Waals surface area contributed by atoms with E-state index < -0.39 is 6.10 Å². The predicted molar refractivity (Wildman–Crippen MR) is 74.8 cm³/mol. The normalized spacial score (nSPS) is 23.4. The molecule has 3 heterocycles. The largest absolute Gasteiger partial charge is 0.485 e. The van der Waals surface area contributed by atoms with Gasteiger partial charge in [-0.05, 0) is 23.9 Å². The van der Waals surface area contributed by atoms with Crippen molar-refractivity contribution in [1.82, 2.24) is 10.2 Å². The zero-order valence-electron chi connectivity index (χ0n) is 11.4. The first-order valence-corrected chi connectivity index (χ1v) is 7.73. The Labute approximate surface area is 129 Å². The van der Waals surface area contributed by atoms with Crippen molar-refractivity contribution in [2.75, 3.05) is 13.2 Å². The van der Waals surface area contributed by atoms with Crippen molar-refractivity contribution < 1.29 is 23.4 Å². The van der Waals surface area contributed by atoms with Crippen molar-refractivity contribution in [3.63, 3.8) is 0 Å². The number of aromatic nitrogens is 2. The van der Waals surface area contributed by atoms with Crippen LogP contribution in [0.25, 0.3) is 0 Å². The van der Waals surface area contributed by atoms with E-state index in [-0.39, 0.29) is 11.2 Å². The van der Waals surface area contributed by atoms with Gasteiger partial charge in [-0.1, -0.05) is 12.1 Å². The maximum atomic E-state index is 11.4. The van der Waals surface area contributed by atoms with Gasteiger partial charge in [0.2, 0.25) is 6.10 Å². The van der Waals surface area contributed by atoms with E-state index in [1.807, 2.05) is 24.3 Å². The summed E-state index contributed by atoms with van der Waals surface area (Å²) in [6.45, 7) is 0.739. The molecule has 8 heteroatoms. The van der Waals surface area contributed by atoms with Crippen LogP contribution in [0, 0.1) is 0 Å². The lowest BCUT2D eigenvalue weighted by molar-refractivity contribution is -0.137. The van der Waals surface area contributed by atoms with Gasteiger partial charge in [0.05, 0.1) is 6.61 Å². The third kappa shape index (κ3) is 2.50. The van der Waals surface area contributed by atoms with Crippen LogP contribution in [0.2, 0.25) is 0 Å². The molecular weight excluding hydrogens is 308 g/mol. The molecule has 22 heavy (non-hydrogen) atoms. The minimum Gasteiger partial charge on any atom is -0.485 e. The monoisotopic (exact) mass is 320 g/mol. The Balaban J connectivity index is 1.47. The quantitative estimate of drug-likeness (QED) is 0.794. The lowest BCUT2D eigenvalue weighted by atomic mass is 10.2. The number of carbonyl (C=O) groups excluding carboxylic acids is 1. The van der Waals surface area contributed by atoms with E-state index in [1.165, 1.54) is 11.8 Å². The number of nitrogens with zero attached hydrogens (tertiary/aromatic N) is 2. The molecule has 0 amide bonds. The van der Waals surface area contributed by atoms with Crippen LogP contribution in [0.5, 0.6) is 11.5 Å². The molecule has 2 aliphatic heterocycles. The fourth-order valence-corrected chi connectivity index (χ4v) is 3.09. The lowest BCUT2D eigenvalue weighted by Gasteiger charge is -2.23. The predicted octanol–water partition coefficient (Wildman–Crippen LogP) is 1.99. The summed E-state index contributed by atoms with van der Waals surface area (Å²) in [5.74, 6) is 1.44. The number of cyclic esters (lactones) is 1. The van der Waals surface area contributed by atoms with E-state index in [0.717, 1.165) is 0 Å². The molecule has 1 aromatic heterocycles. The molecule has 0 aliphatic carbocycles. The standard InChI is InChI=1S/C14H12N2O5S/c17-13-11(5-6-18-13)22-14-16-15-12(21-14)10-7-19-8-3-1-2-4-9(8)20-10/h1-4,10-11H,5-7H2/t10-,11-/m1/s1. The number of ether oxygens (including phenoxy) is 3. The minimum absolute atomic E-state index is 0.240. The summed E-state index contributed by atoms with van der Waals surface area (Å²) in [4.78, 5) is 11.4. The number of para-hydroxylation sites is 2. The molecular formula is C14H12N2O5S. The number of esters is 1. The number of hydrogen-bond donors (Lipinski definition) is 0. The smallest absolute Gasteiger partial charge is 0.319 e. The first kappa shape index (κ1) is 13.4. The van der Waals surface area contributed by atoms with Crippen LogP contribution in [-0.4, -0.2) is 34.6 Å². The van der Waals surface area contributed by atoms with Crippen LogP contribution in [0.3, 0.4) is 0 Å². The second-order valence-electron chi connectivity index (χ2n) is 4.83. The van der Waals surface area contributed by atoms with Gasteiger partial charge in [-0.3, -0.25) is 4.79 Å². The maximum absolute atomic E-state index is 11.4. The fraction of sp³-hybridized carbons (Fsp3) is 0.357. The number of rotatable bonds is 3. The molecule has 1 saturated heterocycles. The van der Waals surface area contributed by atoms with Crippen molar-refractivity contribution in [3.05, 3.63) is 30.2 Å². The molecule has 1 fully saturated rings.